The largest absolute Gasteiger partial charge is 0.416 e. The minimum absolute atomic E-state index is 0.0586. The Morgan fingerprint density at radius 1 is 0.978 bits per heavy atom. The third-order valence-corrected chi connectivity index (χ3v) is 8.02. The first-order valence-electron chi connectivity index (χ1n) is 14.5. The van der Waals surface area contributed by atoms with E-state index in [1.165, 1.54) is 12.1 Å². The molecule has 8 nitrogen and oxygen atoms in total. The summed E-state index contributed by atoms with van der Waals surface area (Å²) in [6.45, 7) is 5.09. The molecule has 1 N–H and O–H groups in total. The Morgan fingerprint density at radius 2 is 1.78 bits per heavy atom. The average molecular weight is 612 g/mol. The highest BCUT2D eigenvalue weighted by atomic mass is 19.4. The summed E-state index contributed by atoms with van der Waals surface area (Å²) in [4.78, 5) is 21.8. The van der Waals surface area contributed by atoms with Crippen LogP contribution in [0.15, 0.2) is 73.3 Å². The summed E-state index contributed by atoms with van der Waals surface area (Å²) in [5, 5.41) is 6.96. The van der Waals surface area contributed by atoms with E-state index in [0.717, 1.165) is 47.0 Å². The number of likely N-dealkylation sites (N-methyl/N-ethyl adjacent to an activating group) is 1. The zero-order chi connectivity index (χ0) is 31.7. The number of hydrogen-bond donors (Lipinski definition) is 1. The molecule has 1 saturated heterocycles. The van der Waals surface area contributed by atoms with Crippen LogP contribution in [0.25, 0.3) is 16.7 Å². The standard InChI is InChI=1S/C34H32F3N7O/c1-23-4-10-28(17-25(23)7-5-24-6-11-32-31(16-24)38-22-44(32)29-19-39-42(3)21-29)40-33(45)26-8-9-27(30(18-26)34(35,36)37)20-43-14-12-41(2)13-15-43/h4,6,8-11,16-19,21-22H,12-15,20H2,1-3H3,(H,40,45). The summed E-state index contributed by atoms with van der Waals surface area (Å²) in [6.07, 6.45) is 0.838. The number of halogens is 3. The number of nitrogens with one attached hydrogen (secondary N) is 1. The van der Waals surface area contributed by atoms with E-state index in [2.05, 4.69) is 32.1 Å². The van der Waals surface area contributed by atoms with Gasteiger partial charge in [0.15, 0.2) is 0 Å². The molecular formula is C34H32F3N7O. The monoisotopic (exact) mass is 611 g/mol. The van der Waals surface area contributed by atoms with Crippen LogP contribution in [0.3, 0.4) is 0 Å². The molecule has 230 valence electrons. The van der Waals surface area contributed by atoms with Crippen molar-refractivity contribution in [2.45, 2.75) is 19.6 Å². The van der Waals surface area contributed by atoms with Crippen LogP contribution in [-0.2, 0) is 19.8 Å². The summed E-state index contributed by atoms with van der Waals surface area (Å²) in [6, 6.07) is 14.8. The SMILES string of the molecule is Cc1ccc(NC(=O)c2ccc(CN3CCN(C)CC3)c(C(F)(F)F)c2)cc1C#Cc1ccc2c(c1)ncn2-c1cnn(C)c1. The number of anilines is 1. The van der Waals surface area contributed by atoms with Gasteiger partial charge in [-0.3, -0.25) is 18.9 Å². The van der Waals surface area contributed by atoms with Gasteiger partial charge in [-0.05, 0) is 67.6 Å². The van der Waals surface area contributed by atoms with Crippen LogP contribution in [0, 0.1) is 18.8 Å². The molecule has 0 saturated carbocycles. The Balaban J connectivity index is 1.19. The molecule has 1 aliphatic rings. The number of benzene rings is 3. The summed E-state index contributed by atoms with van der Waals surface area (Å²) >= 11 is 0. The van der Waals surface area contributed by atoms with Gasteiger partial charge in [-0.15, -0.1) is 0 Å². The molecule has 1 fully saturated rings. The Hall–Kier alpha value is -4.92. The maximum Gasteiger partial charge on any atom is 0.416 e. The highest BCUT2D eigenvalue weighted by molar-refractivity contribution is 6.04. The van der Waals surface area contributed by atoms with Crippen molar-refractivity contribution in [2.75, 3.05) is 38.5 Å². The molecular weight excluding hydrogens is 579 g/mol. The van der Waals surface area contributed by atoms with E-state index >= 15 is 0 Å². The first-order chi connectivity index (χ1) is 21.5. The van der Waals surface area contributed by atoms with Gasteiger partial charge in [-0.2, -0.15) is 18.3 Å². The number of nitrogens with zero attached hydrogens (tertiary/aromatic N) is 6. The fourth-order valence-corrected chi connectivity index (χ4v) is 5.37. The van der Waals surface area contributed by atoms with Crippen LogP contribution < -0.4 is 5.32 Å². The Kier molecular flexibility index (Phi) is 8.18. The zero-order valence-corrected chi connectivity index (χ0v) is 25.2. The molecule has 5 aromatic rings. The van der Waals surface area contributed by atoms with Crippen molar-refractivity contribution in [3.63, 3.8) is 0 Å². The molecule has 11 heteroatoms. The van der Waals surface area contributed by atoms with Crippen molar-refractivity contribution in [3.05, 3.63) is 107 Å². The number of carbonyl (C=O) groups is 1. The van der Waals surface area contributed by atoms with E-state index in [1.54, 1.807) is 29.3 Å². The van der Waals surface area contributed by atoms with Crippen LogP contribution in [-0.4, -0.2) is 68.3 Å². The lowest BCUT2D eigenvalue weighted by atomic mass is 10.0. The van der Waals surface area contributed by atoms with Gasteiger partial charge in [0.25, 0.3) is 5.91 Å². The van der Waals surface area contributed by atoms with Gasteiger partial charge in [0.1, 0.15) is 6.33 Å². The second-order valence-corrected chi connectivity index (χ2v) is 11.4. The van der Waals surface area contributed by atoms with Crippen molar-refractivity contribution in [1.29, 1.82) is 0 Å². The second-order valence-electron chi connectivity index (χ2n) is 11.4. The van der Waals surface area contributed by atoms with E-state index in [-0.39, 0.29) is 17.7 Å². The summed E-state index contributed by atoms with van der Waals surface area (Å²) in [5.74, 6) is 5.71. The normalized spacial score (nSPS) is 14.4. The van der Waals surface area contributed by atoms with Gasteiger partial charge in [0, 0.05) is 68.3 Å². The third-order valence-electron chi connectivity index (χ3n) is 8.02. The minimum Gasteiger partial charge on any atom is -0.322 e. The molecule has 45 heavy (non-hydrogen) atoms. The number of piperazine rings is 1. The minimum atomic E-state index is -4.58. The first-order valence-corrected chi connectivity index (χ1v) is 14.5. The number of rotatable bonds is 5. The molecule has 0 aliphatic carbocycles. The Morgan fingerprint density at radius 3 is 2.51 bits per heavy atom. The molecule has 3 heterocycles. The fourth-order valence-electron chi connectivity index (χ4n) is 5.37. The topological polar surface area (TPSA) is 71.2 Å². The Labute approximate surface area is 259 Å². The maximum absolute atomic E-state index is 14.0. The number of amides is 1. The molecule has 0 atom stereocenters. The summed E-state index contributed by atoms with van der Waals surface area (Å²) in [7, 11) is 3.85. The summed E-state index contributed by atoms with van der Waals surface area (Å²) < 4.78 is 45.8. The van der Waals surface area contributed by atoms with Crippen molar-refractivity contribution in [3.8, 4) is 17.5 Å². The van der Waals surface area contributed by atoms with Gasteiger partial charge >= 0.3 is 6.18 Å². The Bertz CT molecular complexity index is 1940. The highest BCUT2D eigenvalue weighted by Gasteiger charge is 2.34. The molecule has 0 radical (unpaired) electrons. The van der Waals surface area contributed by atoms with Crippen molar-refractivity contribution < 1.29 is 18.0 Å². The van der Waals surface area contributed by atoms with Crippen LogP contribution in [0.1, 0.15) is 38.2 Å². The van der Waals surface area contributed by atoms with Gasteiger partial charge in [-0.1, -0.05) is 24.0 Å². The molecule has 1 amide bonds. The van der Waals surface area contributed by atoms with Crippen molar-refractivity contribution in [1.82, 2.24) is 29.1 Å². The lowest BCUT2D eigenvalue weighted by molar-refractivity contribution is -0.138. The van der Waals surface area contributed by atoms with Gasteiger partial charge in [-0.25, -0.2) is 4.98 Å². The molecule has 0 unspecified atom stereocenters. The predicted octanol–water partition coefficient (Wildman–Crippen LogP) is 5.49. The number of imidazole rings is 1. The quantitative estimate of drug-likeness (QED) is 0.267. The van der Waals surface area contributed by atoms with Gasteiger partial charge in [0.2, 0.25) is 0 Å². The highest BCUT2D eigenvalue weighted by Crippen LogP contribution is 2.34. The molecule has 0 bridgehead atoms. The average Bonchev–Trinajstić information content (AvgIpc) is 3.63. The molecule has 1 aliphatic heterocycles. The lowest BCUT2D eigenvalue weighted by Gasteiger charge is -2.33. The maximum atomic E-state index is 14.0. The number of hydrogen-bond acceptors (Lipinski definition) is 5. The lowest BCUT2D eigenvalue weighted by Crippen LogP contribution is -2.44. The van der Waals surface area contributed by atoms with Crippen LogP contribution in [0.4, 0.5) is 18.9 Å². The number of aromatic nitrogens is 4. The number of carbonyl (C=O) groups excluding carboxylic acids is 1. The second kappa shape index (κ2) is 12.2. The van der Waals surface area contributed by atoms with Crippen molar-refractivity contribution >= 4 is 22.6 Å². The molecule has 6 rings (SSSR count). The fraction of sp³-hybridized carbons (Fsp3) is 0.265. The third kappa shape index (κ3) is 6.77. The van der Waals surface area contributed by atoms with E-state index in [1.807, 2.05) is 60.9 Å². The molecule has 0 spiro atoms. The van der Waals surface area contributed by atoms with Crippen molar-refractivity contribution in [2.24, 2.45) is 7.05 Å². The number of aryl methyl sites for hydroxylation is 2. The van der Waals surface area contributed by atoms with E-state index in [4.69, 9.17) is 0 Å². The van der Waals surface area contributed by atoms with Crippen LogP contribution >= 0.6 is 0 Å². The molecule has 3 aromatic carbocycles. The van der Waals surface area contributed by atoms with E-state index in [9.17, 15) is 18.0 Å². The van der Waals surface area contributed by atoms with Crippen LogP contribution in [0.2, 0.25) is 0 Å². The number of fused-ring (bicyclic) bond motifs is 1. The van der Waals surface area contributed by atoms with E-state index in [0.29, 0.717) is 24.3 Å². The van der Waals surface area contributed by atoms with Gasteiger partial charge < -0.3 is 10.2 Å². The van der Waals surface area contributed by atoms with Gasteiger partial charge in [0.05, 0.1) is 28.5 Å². The molecule has 2 aromatic heterocycles. The van der Waals surface area contributed by atoms with E-state index < -0.39 is 17.6 Å². The predicted molar refractivity (Wildman–Crippen MR) is 167 cm³/mol. The first kappa shape index (κ1) is 30.1. The number of alkyl halides is 3. The summed E-state index contributed by atoms with van der Waals surface area (Å²) in [5.41, 5.74) is 4.74. The smallest absolute Gasteiger partial charge is 0.322 e. The van der Waals surface area contributed by atoms with Crippen LogP contribution in [0.5, 0.6) is 0 Å². The zero-order valence-electron chi connectivity index (χ0n) is 25.2.